The van der Waals surface area contributed by atoms with Gasteiger partial charge in [0.25, 0.3) is 11.8 Å². The third-order valence-corrected chi connectivity index (χ3v) is 5.18. The fourth-order valence-corrected chi connectivity index (χ4v) is 3.52. The van der Waals surface area contributed by atoms with Crippen LogP contribution in [0.4, 0.5) is 5.69 Å². The molecule has 0 aliphatic carbocycles. The van der Waals surface area contributed by atoms with E-state index in [1.165, 1.54) is 0 Å². The van der Waals surface area contributed by atoms with Gasteiger partial charge in [0.1, 0.15) is 5.75 Å². The molecule has 0 radical (unpaired) electrons. The van der Waals surface area contributed by atoms with Crippen LogP contribution in [0.15, 0.2) is 84.9 Å². The molecule has 0 fully saturated rings. The Bertz CT molecular complexity index is 1090. The molecule has 3 aromatic rings. The number of carbonyl (C=O) groups is 2. The van der Waals surface area contributed by atoms with E-state index in [-0.39, 0.29) is 17.6 Å². The van der Waals surface area contributed by atoms with Gasteiger partial charge in [0.15, 0.2) is 0 Å². The minimum Gasteiger partial charge on any atom is -0.508 e. The SMILES string of the molecule is O=C(Nc1ccccc1C(=O)N1CC=C(c2ccc(O)cc2)CC1)c1ccccc1. The number of nitrogens with zero attached hydrogens (tertiary/aromatic N) is 1. The number of carbonyl (C=O) groups excluding carboxylic acids is 2. The summed E-state index contributed by atoms with van der Waals surface area (Å²) in [7, 11) is 0. The van der Waals surface area contributed by atoms with Crippen molar-refractivity contribution < 1.29 is 14.7 Å². The average Bonchev–Trinajstić information content (AvgIpc) is 2.80. The highest BCUT2D eigenvalue weighted by atomic mass is 16.3. The second-order valence-corrected chi connectivity index (χ2v) is 7.14. The van der Waals surface area contributed by atoms with Crippen LogP contribution >= 0.6 is 0 Å². The number of aromatic hydroxyl groups is 1. The summed E-state index contributed by atoms with van der Waals surface area (Å²) in [6.07, 6.45) is 2.77. The molecule has 2 amide bonds. The Morgan fingerprint density at radius 2 is 1.57 bits per heavy atom. The van der Waals surface area contributed by atoms with Gasteiger partial charge < -0.3 is 15.3 Å². The Balaban J connectivity index is 1.49. The van der Waals surface area contributed by atoms with Crippen molar-refractivity contribution in [1.29, 1.82) is 0 Å². The maximum absolute atomic E-state index is 13.1. The predicted octanol–water partition coefficient (Wildman–Crippen LogP) is 4.57. The van der Waals surface area contributed by atoms with Gasteiger partial charge in [-0.25, -0.2) is 0 Å². The van der Waals surface area contributed by atoms with Crippen LogP contribution in [0, 0.1) is 0 Å². The van der Waals surface area contributed by atoms with Gasteiger partial charge in [-0.1, -0.05) is 48.5 Å². The third kappa shape index (κ3) is 4.25. The lowest BCUT2D eigenvalue weighted by molar-refractivity contribution is 0.0774. The monoisotopic (exact) mass is 398 g/mol. The number of nitrogens with one attached hydrogen (secondary N) is 1. The summed E-state index contributed by atoms with van der Waals surface area (Å²) >= 11 is 0. The van der Waals surface area contributed by atoms with E-state index in [1.807, 2.05) is 24.3 Å². The molecular formula is C25H22N2O3. The number of anilines is 1. The topological polar surface area (TPSA) is 69.6 Å². The molecular weight excluding hydrogens is 376 g/mol. The predicted molar refractivity (Wildman–Crippen MR) is 117 cm³/mol. The van der Waals surface area contributed by atoms with Crippen LogP contribution in [-0.2, 0) is 0 Å². The molecule has 0 saturated heterocycles. The molecule has 0 atom stereocenters. The van der Waals surface area contributed by atoms with Crippen molar-refractivity contribution in [2.45, 2.75) is 6.42 Å². The molecule has 0 bridgehead atoms. The normalized spacial score (nSPS) is 13.5. The molecule has 1 aliphatic heterocycles. The fourth-order valence-electron chi connectivity index (χ4n) is 3.52. The zero-order valence-corrected chi connectivity index (χ0v) is 16.4. The summed E-state index contributed by atoms with van der Waals surface area (Å²) < 4.78 is 0. The van der Waals surface area contributed by atoms with Crippen molar-refractivity contribution in [2.24, 2.45) is 0 Å². The van der Waals surface area contributed by atoms with E-state index in [0.717, 1.165) is 17.6 Å². The number of benzene rings is 3. The van der Waals surface area contributed by atoms with Crippen LogP contribution < -0.4 is 5.32 Å². The fraction of sp³-hybridized carbons (Fsp3) is 0.120. The summed E-state index contributed by atoms with van der Waals surface area (Å²) in [6, 6.07) is 23.1. The van der Waals surface area contributed by atoms with Crippen molar-refractivity contribution >= 4 is 23.1 Å². The molecule has 0 saturated carbocycles. The van der Waals surface area contributed by atoms with Gasteiger partial charge in [-0.2, -0.15) is 0 Å². The highest BCUT2D eigenvalue weighted by Crippen LogP contribution is 2.26. The Labute approximate surface area is 175 Å². The van der Waals surface area contributed by atoms with Crippen LogP contribution in [0.5, 0.6) is 5.75 Å². The van der Waals surface area contributed by atoms with E-state index in [9.17, 15) is 14.7 Å². The van der Waals surface area contributed by atoms with Crippen molar-refractivity contribution in [1.82, 2.24) is 4.90 Å². The molecule has 30 heavy (non-hydrogen) atoms. The lowest BCUT2D eigenvalue weighted by atomic mass is 9.99. The van der Waals surface area contributed by atoms with E-state index >= 15 is 0 Å². The van der Waals surface area contributed by atoms with Crippen molar-refractivity contribution in [3.05, 3.63) is 102 Å². The number of hydrogen-bond donors (Lipinski definition) is 2. The molecule has 1 heterocycles. The van der Waals surface area contributed by atoms with E-state index in [4.69, 9.17) is 0 Å². The second-order valence-electron chi connectivity index (χ2n) is 7.14. The number of amides is 2. The number of hydrogen-bond acceptors (Lipinski definition) is 3. The van der Waals surface area contributed by atoms with Gasteiger partial charge >= 0.3 is 0 Å². The quantitative estimate of drug-likeness (QED) is 0.676. The summed E-state index contributed by atoms with van der Waals surface area (Å²) in [5, 5.41) is 12.3. The zero-order valence-electron chi connectivity index (χ0n) is 16.4. The van der Waals surface area contributed by atoms with Crippen molar-refractivity contribution in [2.75, 3.05) is 18.4 Å². The summed E-state index contributed by atoms with van der Waals surface area (Å²) in [4.78, 5) is 27.4. The summed E-state index contributed by atoms with van der Waals surface area (Å²) in [6.45, 7) is 1.09. The molecule has 0 unspecified atom stereocenters. The Kier molecular flexibility index (Phi) is 5.61. The lowest BCUT2D eigenvalue weighted by Gasteiger charge is -2.27. The highest BCUT2D eigenvalue weighted by Gasteiger charge is 2.22. The number of para-hydroxylation sites is 1. The maximum Gasteiger partial charge on any atom is 0.256 e. The Hall–Kier alpha value is -3.86. The summed E-state index contributed by atoms with van der Waals surface area (Å²) in [5.74, 6) is -0.120. The number of phenols is 1. The first-order chi connectivity index (χ1) is 14.6. The number of rotatable bonds is 4. The van der Waals surface area contributed by atoms with Gasteiger partial charge in [0.05, 0.1) is 11.3 Å². The first-order valence-corrected chi connectivity index (χ1v) is 9.85. The lowest BCUT2D eigenvalue weighted by Crippen LogP contribution is -2.35. The molecule has 1 aliphatic rings. The smallest absolute Gasteiger partial charge is 0.256 e. The number of phenolic OH excluding ortho intramolecular Hbond substituents is 1. The molecule has 4 rings (SSSR count). The van der Waals surface area contributed by atoms with Gasteiger partial charge in [-0.15, -0.1) is 0 Å². The standard InChI is InChI=1S/C25H22N2O3/c28-21-12-10-18(11-13-21)19-14-16-27(17-15-19)25(30)22-8-4-5-9-23(22)26-24(29)20-6-2-1-3-7-20/h1-14,28H,15-17H2,(H,26,29). The molecule has 2 N–H and O–H groups in total. The van der Waals surface area contributed by atoms with Crippen molar-refractivity contribution in [3.63, 3.8) is 0 Å². The zero-order chi connectivity index (χ0) is 20.9. The van der Waals surface area contributed by atoms with Gasteiger partial charge in [-0.3, -0.25) is 9.59 Å². The maximum atomic E-state index is 13.1. The van der Waals surface area contributed by atoms with Gasteiger partial charge in [0.2, 0.25) is 0 Å². The largest absolute Gasteiger partial charge is 0.508 e. The first kappa shape index (κ1) is 19.5. The van der Waals surface area contributed by atoms with Crippen LogP contribution in [-0.4, -0.2) is 34.9 Å². The van der Waals surface area contributed by atoms with E-state index in [0.29, 0.717) is 29.9 Å². The Morgan fingerprint density at radius 3 is 2.27 bits per heavy atom. The van der Waals surface area contributed by atoms with Crippen LogP contribution in [0.3, 0.4) is 0 Å². The highest BCUT2D eigenvalue weighted by molar-refractivity contribution is 6.09. The van der Waals surface area contributed by atoms with E-state index < -0.39 is 0 Å². The van der Waals surface area contributed by atoms with Crippen LogP contribution in [0.25, 0.3) is 5.57 Å². The molecule has 0 aromatic heterocycles. The van der Waals surface area contributed by atoms with Crippen LogP contribution in [0.1, 0.15) is 32.7 Å². The molecule has 150 valence electrons. The molecule has 5 nitrogen and oxygen atoms in total. The van der Waals surface area contributed by atoms with Crippen LogP contribution in [0.2, 0.25) is 0 Å². The second kappa shape index (κ2) is 8.66. The summed E-state index contributed by atoms with van der Waals surface area (Å²) in [5.41, 5.74) is 3.73. The first-order valence-electron chi connectivity index (χ1n) is 9.85. The average molecular weight is 398 g/mol. The van der Waals surface area contributed by atoms with Gasteiger partial charge in [0, 0.05) is 18.7 Å². The minimum absolute atomic E-state index is 0.111. The minimum atomic E-state index is -0.246. The van der Waals surface area contributed by atoms with Gasteiger partial charge in [-0.05, 0) is 54.0 Å². The van der Waals surface area contributed by atoms with Crippen molar-refractivity contribution in [3.8, 4) is 5.75 Å². The van der Waals surface area contributed by atoms with E-state index in [1.54, 1.807) is 65.6 Å². The molecule has 5 heteroatoms. The molecule has 0 spiro atoms. The molecule has 3 aromatic carbocycles. The third-order valence-electron chi connectivity index (χ3n) is 5.18. The van der Waals surface area contributed by atoms with E-state index in [2.05, 4.69) is 5.32 Å². The Morgan fingerprint density at radius 1 is 0.867 bits per heavy atom.